The first-order valence-corrected chi connectivity index (χ1v) is 10.0. The fourth-order valence-electron chi connectivity index (χ4n) is 2.02. The molecular formula is C19H28N3O5S+. The molecule has 0 unspecified atom stereocenters. The van der Waals surface area contributed by atoms with Gasteiger partial charge in [0.05, 0.1) is 11.0 Å². The third-order valence-electron chi connectivity index (χ3n) is 4.02. The van der Waals surface area contributed by atoms with Gasteiger partial charge in [-0.3, -0.25) is 10.5 Å². The molecule has 0 radical (unpaired) electrons. The summed E-state index contributed by atoms with van der Waals surface area (Å²) in [6.45, 7) is 9.14. The number of hydrogen-bond acceptors (Lipinski definition) is 5. The van der Waals surface area contributed by atoms with Crippen molar-refractivity contribution in [3.05, 3.63) is 36.1 Å². The van der Waals surface area contributed by atoms with Gasteiger partial charge in [-0.25, -0.2) is 18.2 Å². The largest absolute Gasteiger partial charge is 0.511 e. The first-order valence-electron chi connectivity index (χ1n) is 8.56. The van der Waals surface area contributed by atoms with Crippen LogP contribution in [0.25, 0.3) is 0 Å². The van der Waals surface area contributed by atoms with Crippen LogP contribution in [0.1, 0.15) is 41.5 Å². The summed E-state index contributed by atoms with van der Waals surface area (Å²) in [6.07, 6.45) is 1.18. The van der Waals surface area contributed by atoms with E-state index in [9.17, 15) is 23.1 Å². The van der Waals surface area contributed by atoms with Gasteiger partial charge in [0.15, 0.2) is 14.6 Å². The van der Waals surface area contributed by atoms with Crippen molar-refractivity contribution in [3.63, 3.8) is 0 Å². The maximum atomic E-state index is 12.9. The highest BCUT2D eigenvalue weighted by molar-refractivity contribution is 7.93. The summed E-state index contributed by atoms with van der Waals surface area (Å²) in [7, 11) is -4.06. The maximum Gasteiger partial charge on any atom is 0.328 e. The zero-order valence-electron chi connectivity index (χ0n) is 17.0. The van der Waals surface area contributed by atoms with Crippen LogP contribution in [0.5, 0.6) is 0 Å². The van der Waals surface area contributed by atoms with E-state index in [2.05, 4.69) is 10.3 Å². The zero-order valence-corrected chi connectivity index (χ0v) is 17.8. The molecule has 0 bridgehead atoms. The van der Waals surface area contributed by atoms with Crippen LogP contribution >= 0.6 is 0 Å². The van der Waals surface area contributed by atoms with Gasteiger partial charge in [-0.1, -0.05) is 20.8 Å². The molecule has 5 N–H and O–H groups in total. The van der Waals surface area contributed by atoms with Crippen LogP contribution < -0.4 is 16.0 Å². The molecule has 1 aromatic rings. The molecule has 0 fully saturated rings. The van der Waals surface area contributed by atoms with E-state index in [1.165, 1.54) is 51.1 Å². The number of nitrogens with one attached hydrogen (secondary N) is 2. The molecule has 0 aliphatic heterocycles. The Labute approximate surface area is 165 Å². The van der Waals surface area contributed by atoms with Gasteiger partial charge in [-0.2, -0.15) is 0 Å². The molecular weight excluding hydrogens is 382 g/mol. The summed E-state index contributed by atoms with van der Waals surface area (Å²) in [4.78, 5) is 25.9. The van der Waals surface area contributed by atoms with Crippen LogP contribution in [0.4, 0.5) is 5.69 Å². The summed E-state index contributed by atoms with van der Waals surface area (Å²) in [5, 5.41) is 12.5. The van der Waals surface area contributed by atoms with Gasteiger partial charge in [0.25, 0.3) is 5.84 Å². The Bertz CT molecular complexity index is 921. The predicted octanol–water partition coefficient (Wildman–Crippen LogP) is 0.650. The zero-order chi connectivity index (χ0) is 21.9. The lowest BCUT2D eigenvalue weighted by Crippen LogP contribution is -2.84. The molecule has 0 heterocycles. The van der Waals surface area contributed by atoms with E-state index in [1.54, 1.807) is 20.8 Å². The molecule has 154 valence electrons. The fourth-order valence-corrected chi connectivity index (χ4v) is 3.40. The third-order valence-corrected chi connectivity index (χ3v) is 6.44. The van der Waals surface area contributed by atoms with Crippen LogP contribution in [0, 0.1) is 5.41 Å². The van der Waals surface area contributed by atoms with Crippen molar-refractivity contribution < 1.29 is 28.1 Å². The van der Waals surface area contributed by atoms with Crippen molar-refractivity contribution in [1.82, 2.24) is 0 Å². The van der Waals surface area contributed by atoms with Gasteiger partial charge in [-0.05, 0) is 38.1 Å². The minimum Gasteiger partial charge on any atom is -0.511 e. The Morgan fingerprint density at radius 3 is 2.04 bits per heavy atom. The summed E-state index contributed by atoms with van der Waals surface area (Å²) in [5.74, 6) is -1.34. The molecule has 28 heavy (non-hydrogen) atoms. The summed E-state index contributed by atoms with van der Waals surface area (Å²) < 4.78 is 24.0. The first kappa shape index (κ1) is 23.4. The van der Waals surface area contributed by atoms with Gasteiger partial charge in [0.2, 0.25) is 5.91 Å². The van der Waals surface area contributed by atoms with Crippen molar-refractivity contribution in [2.75, 3.05) is 5.32 Å². The van der Waals surface area contributed by atoms with Gasteiger partial charge < -0.3 is 10.4 Å². The fraction of sp³-hybridized carbons (Fsp3) is 0.421. The lowest BCUT2D eigenvalue weighted by Gasteiger charge is -2.20. The van der Waals surface area contributed by atoms with Crippen molar-refractivity contribution in [1.29, 1.82) is 0 Å². The van der Waals surface area contributed by atoms with Crippen LogP contribution in [-0.2, 0) is 19.4 Å². The molecule has 0 aliphatic rings. The molecule has 0 aromatic heterocycles. The van der Waals surface area contributed by atoms with E-state index < -0.39 is 25.9 Å². The smallest absolute Gasteiger partial charge is 0.328 e. The normalized spacial score (nSPS) is 13.9. The lowest BCUT2D eigenvalue weighted by molar-refractivity contribution is -0.380. The Hall–Kier alpha value is -2.68. The number of nitrogens with two attached hydrogens (primary N) is 1. The molecule has 8 nitrogen and oxygen atoms in total. The molecule has 1 rings (SSSR count). The standard InChI is InChI=1S/C19H27N3O5S/c1-12(23)21-13-7-9-14(10-8-13)28(26,27)19(5,6)17(25)22-16(20)11-15(24)18(2,3)4/h7-11,24H,1-6H3,(H,21,23)(H2,20,22,25)/p+1/b15-11-. The Balaban J connectivity index is 3.20. The Morgan fingerprint density at radius 2 is 1.61 bits per heavy atom. The first-order chi connectivity index (χ1) is 12.6. The van der Waals surface area contributed by atoms with Crippen LogP contribution in [0.15, 0.2) is 41.0 Å². The number of benzene rings is 1. The second-order valence-corrected chi connectivity index (χ2v) is 10.4. The summed E-state index contributed by atoms with van der Waals surface area (Å²) in [6, 6.07) is 5.50. The SMILES string of the molecule is CC(=O)Nc1ccc(S(=O)(=O)C(C)(C)C(=O)[NH+]=C(N)/C=C(\O)C(C)(C)C)cc1. The van der Waals surface area contributed by atoms with Gasteiger partial charge in [0, 0.05) is 18.0 Å². The molecule has 9 heteroatoms. The topological polar surface area (TPSA) is 141 Å². The van der Waals surface area contributed by atoms with Gasteiger partial charge >= 0.3 is 5.91 Å². The highest BCUT2D eigenvalue weighted by Gasteiger charge is 2.44. The second kappa shape index (κ2) is 8.14. The van der Waals surface area contributed by atoms with Gasteiger partial charge in [-0.15, -0.1) is 0 Å². The predicted molar refractivity (Wildman–Crippen MR) is 107 cm³/mol. The van der Waals surface area contributed by atoms with Gasteiger partial charge in [0.1, 0.15) is 5.76 Å². The highest BCUT2D eigenvalue weighted by Crippen LogP contribution is 2.26. The average Bonchev–Trinajstić information content (AvgIpc) is 2.53. The monoisotopic (exact) mass is 410 g/mol. The van der Waals surface area contributed by atoms with Crippen molar-refractivity contribution in [2.45, 2.75) is 51.2 Å². The van der Waals surface area contributed by atoms with E-state index in [0.717, 1.165) is 0 Å². The second-order valence-electron chi connectivity index (χ2n) is 7.91. The number of carbonyl (C=O) groups excluding carboxylic acids is 2. The molecule has 0 saturated carbocycles. The van der Waals surface area contributed by atoms with E-state index >= 15 is 0 Å². The number of hydrogen-bond donors (Lipinski definition) is 4. The minimum absolute atomic E-state index is 0.0560. The molecule has 1 aromatic carbocycles. The number of sulfone groups is 1. The maximum absolute atomic E-state index is 12.9. The number of amidine groups is 1. The molecule has 0 saturated heterocycles. The van der Waals surface area contributed by atoms with E-state index in [-0.39, 0.29) is 22.4 Å². The molecule has 2 amide bonds. The minimum atomic E-state index is -4.06. The average molecular weight is 411 g/mol. The van der Waals surface area contributed by atoms with Crippen LogP contribution in [-0.4, -0.2) is 35.9 Å². The quantitative estimate of drug-likeness (QED) is 0.319. The number of allylic oxidation sites excluding steroid dienone is 1. The van der Waals surface area contributed by atoms with E-state index in [0.29, 0.717) is 5.69 Å². The van der Waals surface area contributed by atoms with Crippen LogP contribution in [0.2, 0.25) is 0 Å². The number of amides is 2. The van der Waals surface area contributed by atoms with E-state index in [1.807, 2.05) is 0 Å². The van der Waals surface area contributed by atoms with Crippen molar-refractivity contribution in [3.8, 4) is 0 Å². The number of anilines is 1. The lowest BCUT2D eigenvalue weighted by atomic mass is 9.93. The summed E-state index contributed by atoms with van der Waals surface area (Å²) in [5.41, 5.74) is 5.59. The molecule has 0 spiro atoms. The van der Waals surface area contributed by atoms with Crippen LogP contribution in [0.3, 0.4) is 0 Å². The molecule has 0 aliphatic carbocycles. The Morgan fingerprint density at radius 1 is 1.11 bits per heavy atom. The number of aliphatic hydroxyl groups excluding tert-OH is 1. The number of carbonyl (C=O) groups is 2. The Kier molecular flexibility index (Phi) is 6.79. The van der Waals surface area contributed by atoms with Crippen molar-refractivity contribution >= 4 is 33.2 Å². The highest BCUT2D eigenvalue weighted by atomic mass is 32.2. The number of aliphatic hydroxyl groups is 1. The van der Waals surface area contributed by atoms with E-state index in [4.69, 9.17) is 5.73 Å². The third kappa shape index (κ3) is 5.41. The number of rotatable bonds is 5. The van der Waals surface area contributed by atoms with Crippen molar-refractivity contribution in [2.24, 2.45) is 11.1 Å². The summed E-state index contributed by atoms with van der Waals surface area (Å²) >= 11 is 0. The molecule has 0 atom stereocenters.